The molecule has 3 rings (SSSR count). The molecule has 0 aliphatic carbocycles. The number of benzene rings is 1. The van der Waals surface area contributed by atoms with Crippen molar-refractivity contribution in [2.24, 2.45) is 18.2 Å². The lowest BCUT2D eigenvalue weighted by Gasteiger charge is -2.23. The van der Waals surface area contributed by atoms with Gasteiger partial charge in [-0.2, -0.15) is 5.10 Å². The van der Waals surface area contributed by atoms with Gasteiger partial charge in [0.05, 0.1) is 6.20 Å². The highest BCUT2D eigenvalue weighted by atomic mass is 35.5. The Bertz CT molecular complexity index is 667. The summed E-state index contributed by atoms with van der Waals surface area (Å²) in [5.41, 5.74) is 11.4. The summed E-state index contributed by atoms with van der Waals surface area (Å²) in [4.78, 5) is 2.53. The number of halogens is 1. The van der Waals surface area contributed by atoms with Crippen molar-refractivity contribution in [2.75, 3.05) is 19.6 Å². The van der Waals surface area contributed by atoms with Crippen molar-refractivity contribution in [1.82, 2.24) is 14.7 Å². The monoisotopic (exact) mass is 334 g/mol. The standard InChI is InChI=1S/C18H26N4.ClH/c1-14-4-5-15(11-22-7-6-18(2,12-19)13-22)17(8-14)16-9-20-21(3)10-16;/h4-5,8-10H,6-7,11-13,19H2,1-3H3;1H. The van der Waals surface area contributed by atoms with Crippen molar-refractivity contribution in [2.45, 2.75) is 26.8 Å². The molecule has 2 heterocycles. The van der Waals surface area contributed by atoms with Crippen LogP contribution in [0.4, 0.5) is 0 Å². The molecule has 2 N–H and O–H groups in total. The largest absolute Gasteiger partial charge is 0.330 e. The van der Waals surface area contributed by atoms with Gasteiger partial charge >= 0.3 is 0 Å². The number of rotatable bonds is 4. The molecule has 1 aromatic heterocycles. The molecule has 0 amide bonds. The Morgan fingerprint density at radius 3 is 2.74 bits per heavy atom. The Labute approximate surface area is 145 Å². The molecule has 1 aliphatic rings. The van der Waals surface area contributed by atoms with E-state index in [-0.39, 0.29) is 17.8 Å². The number of aryl methyl sites for hydroxylation is 2. The first-order valence-corrected chi connectivity index (χ1v) is 8.00. The second-order valence-corrected chi connectivity index (χ2v) is 7.04. The smallest absolute Gasteiger partial charge is 0.0568 e. The maximum Gasteiger partial charge on any atom is 0.0568 e. The maximum absolute atomic E-state index is 5.93. The van der Waals surface area contributed by atoms with Crippen LogP contribution in [0.2, 0.25) is 0 Å². The maximum atomic E-state index is 5.93. The summed E-state index contributed by atoms with van der Waals surface area (Å²) >= 11 is 0. The van der Waals surface area contributed by atoms with Gasteiger partial charge in [0.1, 0.15) is 0 Å². The molecule has 0 saturated carbocycles. The Hall–Kier alpha value is -1.36. The van der Waals surface area contributed by atoms with Crippen LogP contribution in [0, 0.1) is 12.3 Å². The Morgan fingerprint density at radius 1 is 1.35 bits per heavy atom. The van der Waals surface area contributed by atoms with Crippen LogP contribution in [0.1, 0.15) is 24.5 Å². The van der Waals surface area contributed by atoms with Crippen LogP contribution in [0.3, 0.4) is 0 Å². The lowest BCUT2D eigenvalue weighted by Crippen LogP contribution is -2.31. The van der Waals surface area contributed by atoms with E-state index >= 15 is 0 Å². The summed E-state index contributed by atoms with van der Waals surface area (Å²) in [5, 5.41) is 4.32. The van der Waals surface area contributed by atoms with E-state index < -0.39 is 0 Å². The molecule has 0 bridgehead atoms. The summed E-state index contributed by atoms with van der Waals surface area (Å²) < 4.78 is 1.86. The second-order valence-electron chi connectivity index (χ2n) is 7.04. The van der Waals surface area contributed by atoms with E-state index in [0.717, 1.165) is 26.2 Å². The van der Waals surface area contributed by atoms with Gasteiger partial charge in [-0.1, -0.05) is 30.7 Å². The van der Waals surface area contributed by atoms with Crippen LogP contribution >= 0.6 is 12.4 Å². The van der Waals surface area contributed by atoms with Crippen molar-refractivity contribution in [1.29, 1.82) is 0 Å². The van der Waals surface area contributed by atoms with Gasteiger partial charge in [0, 0.05) is 31.9 Å². The minimum Gasteiger partial charge on any atom is -0.330 e. The summed E-state index contributed by atoms with van der Waals surface area (Å²) in [6.07, 6.45) is 5.23. The van der Waals surface area contributed by atoms with E-state index in [1.807, 2.05) is 17.9 Å². The van der Waals surface area contributed by atoms with Crippen LogP contribution in [0.15, 0.2) is 30.6 Å². The molecule has 1 saturated heterocycles. The first kappa shape index (κ1) is 18.0. The highest BCUT2D eigenvalue weighted by molar-refractivity contribution is 5.85. The number of hydrogen-bond donors (Lipinski definition) is 1. The Kier molecular flexibility index (Phi) is 5.50. The molecule has 1 aromatic carbocycles. The fraction of sp³-hybridized carbons (Fsp3) is 0.500. The average Bonchev–Trinajstić information content (AvgIpc) is 3.08. The first-order valence-electron chi connectivity index (χ1n) is 8.00. The minimum absolute atomic E-state index is 0. The highest BCUT2D eigenvalue weighted by Crippen LogP contribution is 2.32. The van der Waals surface area contributed by atoms with E-state index in [0.29, 0.717) is 0 Å². The molecule has 126 valence electrons. The van der Waals surface area contributed by atoms with Gasteiger partial charge < -0.3 is 5.73 Å². The minimum atomic E-state index is 0. The molecule has 0 radical (unpaired) electrons. The van der Waals surface area contributed by atoms with Crippen molar-refractivity contribution in [3.05, 3.63) is 41.7 Å². The Morgan fingerprint density at radius 2 is 2.13 bits per heavy atom. The number of nitrogens with two attached hydrogens (primary N) is 1. The normalized spacial score (nSPS) is 21.4. The van der Waals surface area contributed by atoms with Crippen LogP contribution in [0.25, 0.3) is 11.1 Å². The van der Waals surface area contributed by atoms with Gasteiger partial charge in [-0.05, 0) is 43.0 Å². The van der Waals surface area contributed by atoms with Crippen molar-refractivity contribution in [3.8, 4) is 11.1 Å². The molecule has 0 spiro atoms. The number of nitrogens with zero attached hydrogens (tertiary/aromatic N) is 3. The average molecular weight is 335 g/mol. The number of aromatic nitrogens is 2. The molecule has 1 fully saturated rings. The van der Waals surface area contributed by atoms with Crippen molar-refractivity contribution in [3.63, 3.8) is 0 Å². The third kappa shape index (κ3) is 3.94. The molecular formula is C18H27ClN4. The molecule has 1 unspecified atom stereocenters. The van der Waals surface area contributed by atoms with Gasteiger partial charge in [-0.25, -0.2) is 0 Å². The predicted molar refractivity (Wildman–Crippen MR) is 97.7 cm³/mol. The lowest BCUT2D eigenvalue weighted by molar-refractivity contribution is 0.275. The van der Waals surface area contributed by atoms with Crippen LogP contribution in [-0.2, 0) is 13.6 Å². The van der Waals surface area contributed by atoms with Gasteiger partial charge in [-0.3, -0.25) is 9.58 Å². The molecule has 4 nitrogen and oxygen atoms in total. The van der Waals surface area contributed by atoms with E-state index in [1.165, 1.54) is 28.7 Å². The molecular weight excluding hydrogens is 308 g/mol. The predicted octanol–water partition coefficient (Wildman–Crippen LogP) is 2.99. The zero-order chi connectivity index (χ0) is 15.7. The SMILES string of the molecule is Cc1ccc(CN2CCC(C)(CN)C2)c(-c2cnn(C)c2)c1.Cl. The van der Waals surface area contributed by atoms with Gasteiger partial charge in [0.25, 0.3) is 0 Å². The summed E-state index contributed by atoms with van der Waals surface area (Å²) in [6.45, 7) is 8.42. The number of likely N-dealkylation sites (tertiary alicyclic amines) is 1. The van der Waals surface area contributed by atoms with E-state index in [4.69, 9.17) is 5.73 Å². The van der Waals surface area contributed by atoms with E-state index in [9.17, 15) is 0 Å². The quantitative estimate of drug-likeness (QED) is 0.935. The molecule has 23 heavy (non-hydrogen) atoms. The number of hydrogen-bond acceptors (Lipinski definition) is 3. The second kappa shape index (κ2) is 7.04. The van der Waals surface area contributed by atoms with Crippen LogP contribution in [0.5, 0.6) is 0 Å². The summed E-state index contributed by atoms with van der Waals surface area (Å²) in [7, 11) is 1.96. The van der Waals surface area contributed by atoms with Crippen LogP contribution < -0.4 is 5.73 Å². The lowest BCUT2D eigenvalue weighted by atomic mass is 9.90. The molecule has 2 aromatic rings. The zero-order valence-corrected chi connectivity index (χ0v) is 15.1. The molecule has 5 heteroatoms. The Balaban J connectivity index is 0.00000192. The van der Waals surface area contributed by atoms with Gasteiger partial charge in [0.15, 0.2) is 0 Å². The molecule has 1 aliphatic heterocycles. The highest BCUT2D eigenvalue weighted by Gasteiger charge is 2.32. The zero-order valence-electron chi connectivity index (χ0n) is 14.2. The van der Waals surface area contributed by atoms with Crippen molar-refractivity contribution >= 4 is 12.4 Å². The van der Waals surface area contributed by atoms with Gasteiger partial charge in [0.2, 0.25) is 0 Å². The fourth-order valence-corrected chi connectivity index (χ4v) is 3.33. The van der Waals surface area contributed by atoms with Crippen LogP contribution in [-0.4, -0.2) is 34.3 Å². The first-order chi connectivity index (χ1) is 10.5. The van der Waals surface area contributed by atoms with Crippen molar-refractivity contribution < 1.29 is 0 Å². The third-order valence-corrected chi connectivity index (χ3v) is 4.80. The fourth-order valence-electron chi connectivity index (χ4n) is 3.33. The third-order valence-electron chi connectivity index (χ3n) is 4.80. The summed E-state index contributed by atoms with van der Waals surface area (Å²) in [6, 6.07) is 6.73. The molecule has 1 atom stereocenters. The summed E-state index contributed by atoms with van der Waals surface area (Å²) in [5.74, 6) is 0. The topological polar surface area (TPSA) is 47.1 Å². The van der Waals surface area contributed by atoms with E-state index in [1.54, 1.807) is 0 Å². The van der Waals surface area contributed by atoms with Gasteiger partial charge in [-0.15, -0.1) is 12.4 Å². The van der Waals surface area contributed by atoms with E-state index in [2.05, 4.69) is 48.2 Å².